The number of benzene rings is 14. The zero-order valence-corrected chi connectivity index (χ0v) is 54.3. The molecule has 1 nitrogen and oxygen atoms in total. The number of rotatable bonds is 13. The Labute approximate surface area is 554 Å². The predicted octanol–water partition coefficient (Wildman–Crippen LogP) is 25.6. The fourth-order valence-electron chi connectivity index (χ4n) is 11.1. The maximum atomic E-state index is 3.56. The van der Waals surface area contributed by atoms with E-state index in [1.54, 1.807) is 0 Å². The van der Waals surface area contributed by atoms with Crippen molar-refractivity contribution in [2.45, 2.75) is 6.42 Å². The van der Waals surface area contributed by atoms with Crippen LogP contribution in [0.3, 0.4) is 0 Å². The minimum absolute atomic E-state index is 0.921. The summed E-state index contributed by atoms with van der Waals surface area (Å²) >= 11 is 9.30. The molecule has 0 aliphatic carbocycles. The minimum Gasteiger partial charge on any atom is -0.310 e. The molecular weight excluding hydrogens is 1320 g/mol. The van der Waals surface area contributed by atoms with Crippen molar-refractivity contribution in [2.24, 2.45) is 0 Å². The average molecular weight is 1380 g/mol. The third-order valence-corrected chi connectivity index (χ3v) is 17.5. The SMILES string of the molecule is Brc1ccc(-c2ccc(I)cc2)cc1.Brc1ccc(-c2ccc(N(c3ccc(-c4ccccc4)cc3)c3ccc(-c4ccccc4)c(-c4ccccc4)c3)cc2)cc1.c1ccc(-c2ccc(Cc3ccc(-c4ccccc4)c(-c4ccccc4)c3)cc2)cc1. The number of hydrogen-bond donors (Lipinski definition) is 0. The average Bonchev–Trinajstić information content (AvgIpc) is 1.98. The quantitative estimate of drug-likeness (QED) is 0.104. The molecule has 0 aliphatic heterocycles. The summed E-state index contributed by atoms with van der Waals surface area (Å²) in [6.07, 6.45) is 0.921. The molecule has 0 heterocycles. The molecule has 0 amide bonds. The summed E-state index contributed by atoms with van der Waals surface area (Å²) in [5.41, 5.74) is 25.6. The number of nitrogens with zero attached hydrogens (tertiary/aromatic N) is 1. The summed E-state index contributed by atoms with van der Waals surface area (Å²) in [6.45, 7) is 0. The Morgan fingerprint density at radius 1 is 0.213 bits per heavy atom. The van der Waals surface area contributed by atoms with Gasteiger partial charge in [-0.3, -0.25) is 0 Å². The van der Waals surface area contributed by atoms with Crippen molar-refractivity contribution < 1.29 is 0 Å². The molecule has 89 heavy (non-hydrogen) atoms. The molecule has 0 unspecified atom stereocenters. The monoisotopic (exact) mass is 1380 g/mol. The Morgan fingerprint density at radius 3 is 0.843 bits per heavy atom. The molecule has 0 radical (unpaired) electrons. The van der Waals surface area contributed by atoms with E-state index in [9.17, 15) is 0 Å². The third-order valence-electron chi connectivity index (χ3n) is 15.7. The normalized spacial score (nSPS) is 10.7. The van der Waals surface area contributed by atoms with Crippen molar-refractivity contribution in [3.8, 4) is 89.0 Å². The zero-order valence-electron chi connectivity index (χ0n) is 48.9. The number of halogens is 3. The maximum absolute atomic E-state index is 3.56. The Balaban J connectivity index is 0.000000147. The first-order chi connectivity index (χ1) is 43.8. The van der Waals surface area contributed by atoms with Gasteiger partial charge in [-0.2, -0.15) is 0 Å². The van der Waals surface area contributed by atoms with Crippen molar-refractivity contribution in [1.29, 1.82) is 0 Å². The molecule has 0 saturated heterocycles. The fourth-order valence-corrected chi connectivity index (χ4v) is 12.0. The molecule has 0 fully saturated rings. The molecule has 14 rings (SSSR count). The third kappa shape index (κ3) is 15.5. The van der Waals surface area contributed by atoms with E-state index in [1.807, 2.05) is 0 Å². The molecule has 4 heteroatoms. The van der Waals surface area contributed by atoms with Crippen LogP contribution in [0.15, 0.2) is 373 Å². The Kier molecular flexibility index (Phi) is 19.9. The van der Waals surface area contributed by atoms with E-state index < -0.39 is 0 Å². The van der Waals surface area contributed by atoms with E-state index in [0.29, 0.717) is 0 Å². The second kappa shape index (κ2) is 29.5. The highest BCUT2D eigenvalue weighted by atomic mass is 127. The number of hydrogen-bond acceptors (Lipinski definition) is 1. The van der Waals surface area contributed by atoms with E-state index in [4.69, 9.17) is 0 Å². The van der Waals surface area contributed by atoms with E-state index in [2.05, 4.69) is 423 Å². The molecule has 14 aromatic rings. The first kappa shape index (κ1) is 59.9. The molecule has 428 valence electrons. The molecule has 0 atom stereocenters. The van der Waals surface area contributed by atoms with Crippen molar-refractivity contribution in [2.75, 3.05) is 4.90 Å². The highest BCUT2D eigenvalue weighted by molar-refractivity contribution is 14.1. The first-order valence-corrected chi connectivity index (χ1v) is 32.5. The van der Waals surface area contributed by atoms with Crippen molar-refractivity contribution in [3.05, 3.63) is 388 Å². The van der Waals surface area contributed by atoms with Crippen molar-refractivity contribution in [3.63, 3.8) is 0 Å². The van der Waals surface area contributed by atoms with Crippen LogP contribution in [-0.4, -0.2) is 0 Å². The fraction of sp³-hybridized carbons (Fsp3) is 0.0118. The van der Waals surface area contributed by atoms with Crippen LogP contribution >= 0.6 is 54.5 Å². The van der Waals surface area contributed by atoms with E-state index in [0.717, 1.165) is 32.4 Å². The molecule has 14 aromatic carbocycles. The summed E-state index contributed by atoms with van der Waals surface area (Å²) in [5, 5.41) is 0. The van der Waals surface area contributed by atoms with Crippen molar-refractivity contribution in [1.82, 2.24) is 0 Å². The van der Waals surface area contributed by atoms with Gasteiger partial charge in [-0.25, -0.2) is 0 Å². The van der Waals surface area contributed by atoms with Gasteiger partial charge < -0.3 is 4.90 Å². The lowest BCUT2D eigenvalue weighted by Crippen LogP contribution is -2.10. The van der Waals surface area contributed by atoms with Gasteiger partial charge in [0.25, 0.3) is 0 Å². The van der Waals surface area contributed by atoms with Crippen LogP contribution in [0.5, 0.6) is 0 Å². The Hall–Kier alpha value is -9.43. The van der Waals surface area contributed by atoms with Gasteiger partial charge in [-0.05, 0) is 202 Å². The minimum atomic E-state index is 0.921. The van der Waals surface area contributed by atoms with Crippen LogP contribution in [0.4, 0.5) is 17.1 Å². The lowest BCUT2D eigenvalue weighted by atomic mass is 9.91. The van der Waals surface area contributed by atoms with Crippen LogP contribution in [0, 0.1) is 3.57 Å². The Morgan fingerprint density at radius 2 is 0.472 bits per heavy atom. The van der Waals surface area contributed by atoms with E-state index in [1.165, 1.54) is 104 Å². The van der Waals surface area contributed by atoms with Gasteiger partial charge >= 0.3 is 0 Å². The summed E-state index contributed by atoms with van der Waals surface area (Å²) in [6, 6.07) is 129. The molecular formula is C85H62Br2IN. The lowest BCUT2D eigenvalue weighted by molar-refractivity contribution is 1.19. The molecule has 0 aliphatic rings. The summed E-state index contributed by atoms with van der Waals surface area (Å²) in [4.78, 5) is 2.35. The largest absolute Gasteiger partial charge is 0.310 e. The van der Waals surface area contributed by atoms with Gasteiger partial charge in [0.2, 0.25) is 0 Å². The summed E-state index contributed by atoms with van der Waals surface area (Å²) < 4.78 is 3.46. The van der Waals surface area contributed by atoms with Gasteiger partial charge in [0.1, 0.15) is 0 Å². The lowest BCUT2D eigenvalue weighted by Gasteiger charge is -2.27. The zero-order chi connectivity index (χ0) is 60.6. The predicted molar refractivity (Wildman–Crippen MR) is 395 cm³/mol. The van der Waals surface area contributed by atoms with Crippen LogP contribution in [0.1, 0.15) is 11.1 Å². The van der Waals surface area contributed by atoms with Gasteiger partial charge in [0.15, 0.2) is 0 Å². The van der Waals surface area contributed by atoms with E-state index >= 15 is 0 Å². The first-order valence-electron chi connectivity index (χ1n) is 29.8. The van der Waals surface area contributed by atoms with Crippen LogP contribution in [-0.2, 0) is 6.42 Å². The molecule has 0 bridgehead atoms. The van der Waals surface area contributed by atoms with Crippen LogP contribution < -0.4 is 4.90 Å². The smallest absolute Gasteiger partial charge is 0.0468 e. The standard InChI is InChI=1S/C42H30BrN.C31H24.C12H8BrI/c43-37-22-16-32(17-23-37)34-20-26-39(27-21-34)44(38-24-18-33(19-25-38)31-10-4-1-5-11-31)40-28-29-41(35-12-6-2-7-13-35)42(30-40)36-14-8-3-9-15-36;1-4-10-26(11-5-1)27-19-16-24(17-20-27)22-25-18-21-30(28-12-6-2-7-13-28)31(23-25)29-14-8-3-9-15-29;13-11-5-1-9(2-6-11)10-3-7-12(14)8-4-10/h1-30H;1-21,23H,22H2;1-8H. The molecule has 0 saturated carbocycles. The molecule has 0 spiro atoms. The van der Waals surface area contributed by atoms with E-state index in [-0.39, 0.29) is 0 Å². The number of anilines is 3. The van der Waals surface area contributed by atoms with Crippen LogP contribution in [0.2, 0.25) is 0 Å². The van der Waals surface area contributed by atoms with Crippen LogP contribution in [0.25, 0.3) is 89.0 Å². The summed E-state index contributed by atoms with van der Waals surface area (Å²) in [5.74, 6) is 0. The highest BCUT2D eigenvalue weighted by Gasteiger charge is 2.18. The van der Waals surface area contributed by atoms with Gasteiger partial charge in [-0.1, -0.05) is 323 Å². The van der Waals surface area contributed by atoms with Gasteiger partial charge in [0.05, 0.1) is 0 Å². The van der Waals surface area contributed by atoms with Gasteiger partial charge in [-0.15, -0.1) is 0 Å². The van der Waals surface area contributed by atoms with Crippen molar-refractivity contribution >= 4 is 71.5 Å². The molecule has 0 N–H and O–H groups in total. The topological polar surface area (TPSA) is 3.24 Å². The maximum Gasteiger partial charge on any atom is 0.0468 e. The summed E-state index contributed by atoms with van der Waals surface area (Å²) in [7, 11) is 0. The Bertz CT molecular complexity index is 4450. The molecule has 0 aromatic heterocycles. The second-order valence-electron chi connectivity index (χ2n) is 21.6. The highest BCUT2D eigenvalue weighted by Crippen LogP contribution is 2.42. The van der Waals surface area contributed by atoms with Gasteiger partial charge in [0, 0.05) is 29.6 Å². The second-order valence-corrected chi connectivity index (χ2v) is 24.7.